The second-order valence-corrected chi connectivity index (χ2v) is 14.1. The van der Waals surface area contributed by atoms with E-state index in [-0.39, 0.29) is 11.3 Å². The lowest BCUT2D eigenvalue weighted by atomic mass is 9.35. The molecule has 0 saturated heterocycles. The Balaban J connectivity index is 1.60. The molecule has 4 aliphatic carbocycles. The second-order valence-electron chi connectivity index (χ2n) is 14.1. The summed E-state index contributed by atoms with van der Waals surface area (Å²) in [6.45, 7) is 18.8. The second kappa shape index (κ2) is 7.69. The number of hydrogen-bond donors (Lipinski definition) is 1. The fraction of sp³-hybridized carbons (Fsp3) is 0.900. The molecule has 0 heterocycles. The van der Waals surface area contributed by atoms with Crippen LogP contribution in [0.2, 0.25) is 0 Å². The minimum absolute atomic E-state index is 0.206. The van der Waals surface area contributed by atoms with Crippen LogP contribution in [0.3, 0.4) is 0 Å². The first kappa shape index (κ1) is 24.5. The third kappa shape index (κ3) is 3.40. The summed E-state index contributed by atoms with van der Waals surface area (Å²) in [5.74, 6) is 3.67. The van der Waals surface area contributed by atoms with Crippen LogP contribution in [0.4, 0.5) is 0 Å². The Morgan fingerprint density at radius 1 is 0.969 bits per heavy atom. The summed E-state index contributed by atoms with van der Waals surface area (Å²) in [4.78, 5) is 12.7. The van der Waals surface area contributed by atoms with Crippen molar-refractivity contribution in [3.05, 3.63) is 12.2 Å². The predicted molar refractivity (Wildman–Crippen MR) is 133 cm³/mol. The average molecular weight is 443 g/mol. The van der Waals surface area contributed by atoms with Crippen LogP contribution < -0.4 is 0 Å². The lowest BCUT2D eigenvalue weighted by Crippen LogP contribution is -2.62. The molecule has 0 bridgehead atoms. The zero-order valence-electron chi connectivity index (χ0n) is 22.3. The van der Waals surface area contributed by atoms with Gasteiger partial charge in [-0.15, -0.1) is 0 Å². The molecule has 4 saturated carbocycles. The lowest BCUT2D eigenvalue weighted by molar-refractivity contribution is -0.202. The molecule has 0 amide bonds. The Kier molecular flexibility index (Phi) is 5.89. The van der Waals surface area contributed by atoms with Crippen molar-refractivity contribution in [3.63, 3.8) is 0 Å². The third-order valence-electron chi connectivity index (χ3n) is 12.3. The fourth-order valence-electron chi connectivity index (χ4n) is 10.1. The summed E-state index contributed by atoms with van der Waals surface area (Å²) in [5.41, 5.74) is 0.689. The highest BCUT2D eigenvalue weighted by Crippen LogP contribution is 2.76. The van der Waals surface area contributed by atoms with Crippen molar-refractivity contribution in [2.24, 2.45) is 51.2 Å². The largest absolute Gasteiger partial charge is 0.386 e. The number of rotatable bonds is 4. The normalized spacial score (nSPS) is 50.1. The molecular weight excluding hydrogens is 392 g/mol. The molecule has 0 aromatic heterocycles. The highest BCUT2D eigenvalue weighted by atomic mass is 16.3. The van der Waals surface area contributed by atoms with E-state index >= 15 is 0 Å². The van der Waals surface area contributed by atoms with Gasteiger partial charge in [0.25, 0.3) is 0 Å². The Bertz CT molecular complexity index is 776. The molecule has 32 heavy (non-hydrogen) atoms. The number of ketones is 1. The summed E-state index contributed by atoms with van der Waals surface area (Å²) in [5, 5.41) is 10.1. The van der Waals surface area contributed by atoms with Crippen molar-refractivity contribution >= 4 is 5.78 Å². The first-order valence-electron chi connectivity index (χ1n) is 13.6. The van der Waals surface area contributed by atoms with E-state index in [4.69, 9.17) is 0 Å². The molecule has 9 atom stereocenters. The van der Waals surface area contributed by atoms with Crippen LogP contribution in [0, 0.1) is 51.2 Å². The smallest absolute Gasteiger partial charge is 0.136 e. The number of hydrogen-bond acceptors (Lipinski definition) is 2. The molecule has 4 fully saturated rings. The fourth-order valence-corrected chi connectivity index (χ4v) is 10.1. The highest BCUT2D eigenvalue weighted by Gasteiger charge is 2.69. The van der Waals surface area contributed by atoms with E-state index in [0.29, 0.717) is 33.9 Å². The van der Waals surface area contributed by atoms with Crippen molar-refractivity contribution in [1.82, 2.24) is 0 Å². The van der Waals surface area contributed by atoms with Crippen molar-refractivity contribution in [3.8, 4) is 0 Å². The number of carbonyl (C=O) groups is 1. The standard InChI is InChI=1S/C30H50O2/c1-20(10-9-15-26(3,4)32)22-13-17-30(8)25-14-16-27(5)21(2)23(31)11-12-24(27)28(25,6)18-19-29(22,30)7/h9,15,20-22,24-25,32H,10-14,16-19H2,1-8H3/b15-9+/t20-,21+,22-,24-,25-,27-,28+,29-,30+/m1/s1. The molecule has 0 aromatic carbocycles. The van der Waals surface area contributed by atoms with Gasteiger partial charge in [0.2, 0.25) is 0 Å². The van der Waals surface area contributed by atoms with Gasteiger partial charge in [-0.25, -0.2) is 0 Å². The highest BCUT2D eigenvalue weighted by molar-refractivity contribution is 5.82. The lowest BCUT2D eigenvalue weighted by Gasteiger charge is -2.69. The number of carbonyl (C=O) groups excluding carboxylic acids is 1. The maximum Gasteiger partial charge on any atom is 0.136 e. The van der Waals surface area contributed by atoms with E-state index in [1.54, 1.807) is 0 Å². The van der Waals surface area contributed by atoms with Crippen LogP contribution in [0.5, 0.6) is 0 Å². The molecule has 1 N–H and O–H groups in total. The average Bonchev–Trinajstić information content (AvgIpc) is 2.96. The van der Waals surface area contributed by atoms with Crippen molar-refractivity contribution in [1.29, 1.82) is 0 Å². The minimum Gasteiger partial charge on any atom is -0.386 e. The Hall–Kier alpha value is -0.630. The molecule has 0 aromatic rings. The van der Waals surface area contributed by atoms with Crippen LogP contribution in [0.15, 0.2) is 12.2 Å². The monoisotopic (exact) mass is 442 g/mol. The van der Waals surface area contributed by atoms with Gasteiger partial charge >= 0.3 is 0 Å². The zero-order chi connectivity index (χ0) is 23.7. The van der Waals surface area contributed by atoms with Gasteiger partial charge in [0.05, 0.1) is 5.60 Å². The number of aliphatic hydroxyl groups is 1. The molecule has 0 unspecified atom stereocenters. The van der Waals surface area contributed by atoms with Gasteiger partial charge in [-0.3, -0.25) is 4.79 Å². The quantitative estimate of drug-likeness (QED) is 0.455. The number of allylic oxidation sites excluding steroid dienone is 1. The van der Waals surface area contributed by atoms with Crippen molar-refractivity contribution in [2.75, 3.05) is 0 Å². The summed E-state index contributed by atoms with van der Waals surface area (Å²) < 4.78 is 0. The summed E-state index contributed by atoms with van der Waals surface area (Å²) >= 11 is 0. The maximum atomic E-state index is 12.7. The van der Waals surface area contributed by atoms with E-state index < -0.39 is 5.60 Å². The first-order chi connectivity index (χ1) is 14.7. The maximum absolute atomic E-state index is 12.7. The summed E-state index contributed by atoms with van der Waals surface area (Å²) in [7, 11) is 0. The van der Waals surface area contributed by atoms with E-state index in [0.717, 1.165) is 31.1 Å². The van der Waals surface area contributed by atoms with E-state index in [2.05, 4.69) is 47.6 Å². The van der Waals surface area contributed by atoms with E-state index in [1.165, 1.54) is 38.5 Å². The van der Waals surface area contributed by atoms with Gasteiger partial charge in [-0.2, -0.15) is 0 Å². The van der Waals surface area contributed by atoms with Gasteiger partial charge < -0.3 is 5.11 Å². The van der Waals surface area contributed by atoms with Crippen molar-refractivity contribution in [2.45, 2.75) is 119 Å². The topological polar surface area (TPSA) is 37.3 Å². The Morgan fingerprint density at radius 3 is 2.31 bits per heavy atom. The molecule has 0 spiro atoms. The molecule has 0 aliphatic heterocycles. The zero-order valence-corrected chi connectivity index (χ0v) is 22.3. The van der Waals surface area contributed by atoms with Crippen LogP contribution in [-0.4, -0.2) is 16.5 Å². The van der Waals surface area contributed by atoms with Gasteiger partial charge in [-0.1, -0.05) is 53.7 Å². The number of Topliss-reactive ketones (excluding diaryl/α,β-unsaturated/α-hetero) is 1. The molecule has 2 nitrogen and oxygen atoms in total. The minimum atomic E-state index is -0.715. The van der Waals surface area contributed by atoms with E-state index in [1.807, 2.05) is 19.9 Å². The molecular formula is C30H50O2. The van der Waals surface area contributed by atoms with E-state index in [9.17, 15) is 9.90 Å². The molecule has 4 rings (SSSR count). The first-order valence-corrected chi connectivity index (χ1v) is 13.6. The Labute approximate surface area is 198 Å². The number of fused-ring (bicyclic) bond motifs is 5. The molecule has 182 valence electrons. The van der Waals surface area contributed by atoms with Crippen LogP contribution in [-0.2, 0) is 4.79 Å². The van der Waals surface area contributed by atoms with Gasteiger partial charge in [-0.05, 0) is 111 Å². The van der Waals surface area contributed by atoms with Crippen LogP contribution in [0.25, 0.3) is 0 Å². The summed E-state index contributed by atoms with van der Waals surface area (Å²) in [6, 6.07) is 0. The SMILES string of the molecule is C[C@H](C/C=C/C(C)(C)O)[C@H]1CC[C@@]2(C)[C@@H]3CC[C@@]4(C)[C@@H](CCC(=O)[C@@H]4C)[C@]3(C)CC[C@]12C. The molecule has 0 radical (unpaired) electrons. The van der Waals surface area contributed by atoms with Crippen LogP contribution >= 0.6 is 0 Å². The van der Waals surface area contributed by atoms with Gasteiger partial charge in [0, 0.05) is 12.3 Å². The molecule has 2 heteroatoms. The van der Waals surface area contributed by atoms with Crippen LogP contribution in [0.1, 0.15) is 113 Å². The van der Waals surface area contributed by atoms with Gasteiger partial charge in [0.1, 0.15) is 5.78 Å². The van der Waals surface area contributed by atoms with Crippen molar-refractivity contribution < 1.29 is 9.90 Å². The molecule has 4 aliphatic rings. The van der Waals surface area contributed by atoms with Gasteiger partial charge in [0.15, 0.2) is 0 Å². The predicted octanol–water partition coefficient (Wildman–Crippen LogP) is 7.59. The third-order valence-corrected chi connectivity index (χ3v) is 12.3. The summed E-state index contributed by atoms with van der Waals surface area (Å²) in [6.07, 6.45) is 15.2. The Morgan fingerprint density at radius 2 is 1.66 bits per heavy atom.